The van der Waals surface area contributed by atoms with Crippen LogP contribution in [-0.4, -0.2) is 36.1 Å². The summed E-state index contributed by atoms with van der Waals surface area (Å²) in [5.41, 5.74) is 0. The van der Waals surface area contributed by atoms with E-state index in [1.54, 1.807) is 0 Å². The standard InChI is InChI=1S/C9H12N4O2S/c14-13(15)8-3-11-9(16-8)12-4-6-1-10-2-7(6)5-12/h3,6-7,10H,1-2,4-5H2/t6-,7+. The van der Waals surface area contributed by atoms with Crippen molar-refractivity contribution in [1.82, 2.24) is 10.3 Å². The monoisotopic (exact) mass is 240 g/mol. The van der Waals surface area contributed by atoms with Crippen LogP contribution in [0.25, 0.3) is 0 Å². The van der Waals surface area contributed by atoms with Crippen LogP contribution in [0, 0.1) is 22.0 Å². The maximum atomic E-state index is 10.6. The zero-order chi connectivity index (χ0) is 11.1. The van der Waals surface area contributed by atoms with Crippen LogP contribution in [0.15, 0.2) is 6.20 Å². The number of anilines is 1. The lowest BCUT2D eigenvalue weighted by molar-refractivity contribution is -0.380. The van der Waals surface area contributed by atoms with Crippen LogP contribution in [0.1, 0.15) is 0 Å². The minimum atomic E-state index is -0.375. The summed E-state index contributed by atoms with van der Waals surface area (Å²) in [6, 6.07) is 0. The predicted octanol–water partition coefficient (Wildman–Crippen LogP) is 0.707. The normalized spacial score (nSPS) is 28.4. The van der Waals surface area contributed by atoms with Crippen molar-refractivity contribution >= 4 is 21.5 Å². The Balaban J connectivity index is 1.76. The Morgan fingerprint density at radius 1 is 1.50 bits per heavy atom. The van der Waals surface area contributed by atoms with E-state index in [1.165, 1.54) is 17.5 Å². The van der Waals surface area contributed by atoms with Gasteiger partial charge in [0, 0.05) is 26.2 Å². The molecule has 1 N–H and O–H groups in total. The summed E-state index contributed by atoms with van der Waals surface area (Å²) < 4.78 is 0. The van der Waals surface area contributed by atoms with E-state index in [9.17, 15) is 10.1 Å². The van der Waals surface area contributed by atoms with E-state index in [-0.39, 0.29) is 9.92 Å². The van der Waals surface area contributed by atoms with Gasteiger partial charge in [0.15, 0.2) is 5.13 Å². The molecule has 0 aliphatic carbocycles. The lowest BCUT2D eigenvalue weighted by atomic mass is 10.0. The van der Waals surface area contributed by atoms with Gasteiger partial charge in [0.1, 0.15) is 6.20 Å². The van der Waals surface area contributed by atoms with Crippen LogP contribution >= 0.6 is 11.3 Å². The number of hydrogen-bond donors (Lipinski definition) is 1. The summed E-state index contributed by atoms with van der Waals surface area (Å²) in [6.45, 7) is 4.08. The van der Waals surface area contributed by atoms with Crippen molar-refractivity contribution in [2.75, 3.05) is 31.1 Å². The molecule has 0 spiro atoms. The molecule has 0 aromatic carbocycles. The molecule has 6 nitrogen and oxygen atoms in total. The van der Waals surface area contributed by atoms with Crippen LogP contribution < -0.4 is 10.2 Å². The van der Waals surface area contributed by atoms with E-state index in [1.807, 2.05) is 0 Å². The van der Waals surface area contributed by atoms with Gasteiger partial charge in [-0.1, -0.05) is 0 Å². The first-order chi connectivity index (χ1) is 7.74. The van der Waals surface area contributed by atoms with Gasteiger partial charge in [-0.2, -0.15) is 0 Å². The fourth-order valence-corrected chi connectivity index (χ4v) is 3.25. The molecule has 3 heterocycles. The Bertz CT molecular complexity index is 409. The van der Waals surface area contributed by atoms with Crippen molar-refractivity contribution in [2.45, 2.75) is 0 Å². The van der Waals surface area contributed by atoms with Gasteiger partial charge in [-0.3, -0.25) is 10.1 Å². The van der Waals surface area contributed by atoms with Gasteiger partial charge in [0.25, 0.3) is 0 Å². The number of nitrogens with one attached hydrogen (secondary N) is 1. The molecule has 1 aromatic heterocycles. The average molecular weight is 240 g/mol. The molecular formula is C9H12N4O2S. The first-order valence-corrected chi connectivity index (χ1v) is 6.11. The molecule has 2 fully saturated rings. The molecular weight excluding hydrogens is 228 g/mol. The van der Waals surface area contributed by atoms with Crippen LogP contribution in [-0.2, 0) is 0 Å². The summed E-state index contributed by atoms with van der Waals surface area (Å²) in [7, 11) is 0. The molecule has 0 radical (unpaired) electrons. The Hall–Kier alpha value is -1.21. The van der Waals surface area contributed by atoms with E-state index < -0.39 is 0 Å². The van der Waals surface area contributed by atoms with E-state index >= 15 is 0 Å². The fraction of sp³-hybridized carbons (Fsp3) is 0.667. The molecule has 0 amide bonds. The summed E-state index contributed by atoms with van der Waals surface area (Å²) in [4.78, 5) is 16.5. The Morgan fingerprint density at radius 3 is 2.75 bits per heavy atom. The molecule has 86 valence electrons. The molecule has 3 rings (SSSR count). The highest BCUT2D eigenvalue weighted by Crippen LogP contribution is 2.34. The molecule has 2 saturated heterocycles. The van der Waals surface area contributed by atoms with Crippen LogP contribution in [0.3, 0.4) is 0 Å². The number of thiazole rings is 1. The van der Waals surface area contributed by atoms with Crippen LogP contribution in [0.4, 0.5) is 10.1 Å². The van der Waals surface area contributed by atoms with E-state index in [2.05, 4.69) is 15.2 Å². The Morgan fingerprint density at radius 2 is 2.19 bits per heavy atom. The summed E-state index contributed by atoms with van der Waals surface area (Å²) in [5.74, 6) is 1.37. The van der Waals surface area contributed by atoms with Gasteiger partial charge in [-0.15, -0.1) is 0 Å². The molecule has 7 heteroatoms. The number of rotatable bonds is 2. The second-order valence-corrected chi connectivity index (χ2v) is 5.31. The number of hydrogen-bond acceptors (Lipinski definition) is 6. The van der Waals surface area contributed by atoms with Gasteiger partial charge >= 0.3 is 5.00 Å². The summed E-state index contributed by atoms with van der Waals surface area (Å²) >= 11 is 1.17. The third kappa shape index (κ3) is 1.56. The zero-order valence-electron chi connectivity index (χ0n) is 8.63. The molecule has 2 atom stereocenters. The number of aromatic nitrogens is 1. The summed E-state index contributed by atoms with van der Waals surface area (Å²) in [6.07, 6.45) is 1.35. The van der Waals surface area contributed by atoms with Crippen LogP contribution in [0.5, 0.6) is 0 Å². The maximum absolute atomic E-state index is 10.6. The first-order valence-electron chi connectivity index (χ1n) is 5.30. The predicted molar refractivity (Wildman–Crippen MR) is 60.8 cm³/mol. The molecule has 2 aliphatic heterocycles. The van der Waals surface area contributed by atoms with E-state index in [0.29, 0.717) is 11.8 Å². The third-order valence-electron chi connectivity index (χ3n) is 3.32. The SMILES string of the molecule is O=[N+]([O-])c1cnc(N2C[C@H]3CNC[C@H]3C2)s1. The number of fused-ring (bicyclic) bond motifs is 1. The highest BCUT2D eigenvalue weighted by Gasteiger charge is 2.37. The topological polar surface area (TPSA) is 71.3 Å². The lowest BCUT2D eigenvalue weighted by Crippen LogP contribution is -2.25. The van der Waals surface area contributed by atoms with Gasteiger partial charge in [0.2, 0.25) is 0 Å². The van der Waals surface area contributed by atoms with Crippen molar-refractivity contribution in [2.24, 2.45) is 11.8 Å². The molecule has 0 saturated carbocycles. The van der Waals surface area contributed by atoms with Gasteiger partial charge < -0.3 is 10.2 Å². The number of nitrogens with zero attached hydrogens (tertiary/aromatic N) is 3. The maximum Gasteiger partial charge on any atom is 0.345 e. The second-order valence-electron chi connectivity index (χ2n) is 4.32. The summed E-state index contributed by atoms with van der Waals surface area (Å²) in [5, 5.41) is 14.9. The van der Waals surface area contributed by atoms with E-state index in [0.717, 1.165) is 31.3 Å². The highest BCUT2D eigenvalue weighted by molar-refractivity contribution is 7.18. The smallest absolute Gasteiger partial charge is 0.345 e. The van der Waals surface area contributed by atoms with Crippen molar-refractivity contribution in [1.29, 1.82) is 0 Å². The average Bonchev–Trinajstić information content (AvgIpc) is 2.91. The third-order valence-corrected chi connectivity index (χ3v) is 4.33. The molecule has 1 aromatic rings. The molecule has 0 unspecified atom stereocenters. The highest BCUT2D eigenvalue weighted by atomic mass is 32.1. The first kappa shape index (κ1) is 9.98. The largest absolute Gasteiger partial charge is 0.347 e. The van der Waals surface area contributed by atoms with Crippen molar-refractivity contribution in [3.8, 4) is 0 Å². The molecule has 0 bridgehead atoms. The van der Waals surface area contributed by atoms with Gasteiger partial charge in [0.05, 0.1) is 4.92 Å². The molecule has 2 aliphatic rings. The minimum Gasteiger partial charge on any atom is -0.347 e. The van der Waals surface area contributed by atoms with Gasteiger partial charge in [-0.25, -0.2) is 4.98 Å². The lowest BCUT2D eigenvalue weighted by Gasteiger charge is -2.14. The number of nitro groups is 1. The van der Waals surface area contributed by atoms with E-state index in [4.69, 9.17) is 0 Å². The fourth-order valence-electron chi connectivity index (χ4n) is 2.50. The zero-order valence-corrected chi connectivity index (χ0v) is 9.44. The van der Waals surface area contributed by atoms with Crippen molar-refractivity contribution < 1.29 is 4.92 Å². The quantitative estimate of drug-likeness (QED) is 0.609. The van der Waals surface area contributed by atoms with Gasteiger partial charge in [-0.05, 0) is 23.2 Å². The molecule has 16 heavy (non-hydrogen) atoms. The van der Waals surface area contributed by atoms with Crippen molar-refractivity contribution in [3.63, 3.8) is 0 Å². The Kier molecular flexibility index (Phi) is 2.29. The minimum absolute atomic E-state index is 0.130. The Labute approximate surface area is 96.4 Å². The second kappa shape index (κ2) is 3.67. The van der Waals surface area contributed by atoms with Crippen molar-refractivity contribution in [3.05, 3.63) is 16.3 Å². The van der Waals surface area contributed by atoms with Crippen LogP contribution in [0.2, 0.25) is 0 Å².